The average molecular weight is 273 g/mol. The van der Waals surface area contributed by atoms with Crippen LogP contribution in [0.3, 0.4) is 0 Å². The summed E-state index contributed by atoms with van der Waals surface area (Å²) < 4.78 is 15.5. The van der Waals surface area contributed by atoms with Crippen LogP contribution < -0.4 is 5.32 Å². The van der Waals surface area contributed by atoms with Gasteiger partial charge in [0.25, 0.3) is 0 Å². The zero-order valence-electron chi connectivity index (χ0n) is 11.8. The number of rotatable bonds is 3. The van der Waals surface area contributed by atoms with Gasteiger partial charge in [0.2, 0.25) is 0 Å². The van der Waals surface area contributed by atoms with Crippen LogP contribution in [0.2, 0.25) is 0 Å². The third-order valence-electron chi connectivity index (χ3n) is 4.07. The maximum Gasteiger partial charge on any atom is 0.123 e. The van der Waals surface area contributed by atoms with Crippen LogP contribution in [0.25, 0.3) is 11.3 Å². The summed E-state index contributed by atoms with van der Waals surface area (Å²) in [6.07, 6.45) is 6.08. The number of halogens is 1. The molecule has 0 aliphatic carbocycles. The first-order valence-electron chi connectivity index (χ1n) is 7.13. The lowest BCUT2D eigenvalue weighted by Crippen LogP contribution is -2.40. The second-order valence-corrected chi connectivity index (χ2v) is 6.01. The molecule has 1 atom stereocenters. The molecular weight excluding hydrogens is 253 g/mol. The van der Waals surface area contributed by atoms with Gasteiger partial charge in [0, 0.05) is 18.7 Å². The van der Waals surface area contributed by atoms with E-state index in [1.165, 1.54) is 18.9 Å². The van der Waals surface area contributed by atoms with Gasteiger partial charge in [-0.1, -0.05) is 19.1 Å². The van der Waals surface area contributed by atoms with Crippen molar-refractivity contribution in [3.63, 3.8) is 0 Å². The summed E-state index contributed by atoms with van der Waals surface area (Å²) in [6.45, 7) is 5.34. The highest BCUT2D eigenvalue weighted by molar-refractivity contribution is 5.58. The highest BCUT2D eigenvalue weighted by Gasteiger charge is 2.27. The van der Waals surface area contributed by atoms with E-state index in [1.807, 2.05) is 18.6 Å². The molecule has 1 aromatic heterocycles. The van der Waals surface area contributed by atoms with Crippen molar-refractivity contribution in [1.29, 1.82) is 0 Å². The highest BCUT2D eigenvalue weighted by Crippen LogP contribution is 2.30. The fourth-order valence-electron chi connectivity index (χ4n) is 3.00. The summed E-state index contributed by atoms with van der Waals surface area (Å²) in [5, 5.41) is 3.46. The number of benzene rings is 1. The van der Waals surface area contributed by atoms with Gasteiger partial charge >= 0.3 is 0 Å². The third-order valence-corrected chi connectivity index (χ3v) is 4.07. The number of nitrogens with zero attached hydrogens (tertiary/aromatic N) is 2. The quantitative estimate of drug-likeness (QED) is 0.931. The van der Waals surface area contributed by atoms with E-state index in [0.717, 1.165) is 30.9 Å². The maximum atomic E-state index is 13.4. The van der Waals surface area contributed by atoms with Crippen LogP contribution in [0.1, 0.15) is 19.8 Å². The second-order valence-electron chi connectivity index (χ2n) is 6.01. The van der Waals surface area contributed by atoms with E-state index in [0.29, 0.717) is 0 Å². The molecule has 1 aliphatic rings. The van der Waals surface area contributed by atoms with E-state index in [-0.39, 0.29) is 11.2 Å². The number of hydrogen-bond donors (Lipinski definition) is 1. The predicted octanol–water partition coefficient (Wildman–Crippen LogP) is 3.08. The Bertz CT molecular complexity index is 585. The van der Waals surface area contributed by atoms with Crippen molar-refractivity contribution in [3.8, 4) is 11.3 Å². The fraction of sp³-hybridized carbons (Fsp3) is 0.438. The van der Waals surface area contributed by atoms with Crippen LogP contribution >= 0.6 is 0 Å². The molecule has 1 N–H and O–H groups in total. The van der Waals surface area contributed by atoms with Gasteiger partial charge in [0.05, 0.1) is 18.2 Å². The SMILES string of the molecule is CC1(Cn2cncc2-c2cccc(F)c2)CCCNC1. The smallest absolute Gasteiger partial charge is 0.123 e. The Labute approximate surface area is 118 Å². The summed E-state index contributed by atoms with van der Waals surface area (Å²) >= 11 is 0. The molecule has 0 bridgehead atoms. The first-order chi connectivity index (χ1) is 9.66. The molecule has 1 fully saturated rings. The van der Waals surface area contributed by atoms with Crippen LogP contribution in [0, 0.1) is 11.2 Å². The van der Waals surface area contributed by atoms with Crippen LogP contribution in [-0.2, 0) is 6.54 Å². The molecule has 3 rings (SSSR count). The molecule has 4 heteroatoms. The predicted molar refractivity (Wildman–Crippen MR) is 77.8 cm³/mol. The third kappa shape index (κ3) is 2.75. The standard InChI is InChI=1S/C16H20FN3/c1-16(6-3-7-18-10-16)11-20-12-19-9-15(20)13-4-2-5-14(17)8-13/h2,4-5,8-9,12,18H,3,6-7,10-11H2,1H3. The minimum absolute atomic E-state index is 0.208. The van der Waals surface area contributed by atoms with Crippen LogP contribution in [-0.4, -0.2) is 22.6 Å². The normalized spacial score (nSPS) is 22.9. The summed E-state index contributed by atoms with van der Waals surface area (Å²) in [4.78, 5) is 4.24. The molecule has 106 valence electrons. The van der Waals surface area contributed by atoms with Crippen molar-refractivity contribution in [2.24, 2.45) is 5.41 Å². The fourth-order valence-corrected chi connectivity index (χ4v) is 3.00. The topological polar surface area (TPSA) is 29.9 Å². The first kappa shape index (κ1) is 13.3. The van der Waals surface area contributed by atoms with E-state index in [1.54, 1.807) is 12.1 Å². The second kappa shape index (κ2) is 5.37. The average Bonchev–Trinajstić information content (AvgIpc) is 2.87. The Morgan fingerprint density at radius 2 is 2.35 bits per heavy atom. The first-order valence-corrected chi connectivity index (χ1v) is 7.13. The molecule has 1 aliphatic heterocycles. The number of piperidine rings is 1. The Morgan fingerprint density at radius 1 is 1.45 bits per heavy atom. The molecule has 0 radical (unpaired) electrons. The molecule has 3 nitrogen and oxygen atoms in total. The molecule has 1 unspecified atom stereocenters. The summed E-state index contributed by atoms with van der Waals surface area (Å²) in [5.41, 5.74) is 2.10. The number of aromatic nitrogens is 2. The van der Waals surface area contributed by atoms with E-state index in [4.69, 9.17) is 0 Å². The lowest BCUT2D eigenvalue weighted by molar-refractivity contribution is 0.202. The van der Waals surface area contributed by atoms with Crippen molar-refractivity contribution in [1.82, 2.24) is 14.9 Å². The Morgan fingerprint density at radius 3 is 3.10 bits per heavy atom. The van der Waals surface area contributed by atoms with Crippen LogP contribution in [0.4, 0.5) is 4.39 Å². The summed E-state index contributed by atoms with van der Waals surface area (Å²) in [6, 6.07) is 6.70. The Kier molecular flexibility index (Phi) is 3.57. The molecule has 2 aromatic rings. The lowest BCUT2D eigenvalue weighted by Gasteiger charge is -2.34. The zero-order valence-corrected chi connectivity index (χ0v) is 11.8. The largest absolute Gasteiger partial charge is 0.330 e. The maximum absolute atomic E-state index is 13.4. The van der Waals surface area contributed by atoms with Gasteiger partial charge in [-0.25, -0.2) is 9.37 Å². The molecule has 0 amide bonds. The van der Waals surface area contributed by atoms with Gasteiger partial charge in [0.1, 0.15) is 5.82 Å². The van der Waals surface area contributed by atoms with Gasteiger partial charge < -0.3 is 9.88 Å². The molecule has 0 saturated carbocycles. The van der Waals surface area contributed by atoms with Crippen molar-refractivity contribution >= 4 is 0 Å². The molecule has 1 saturated heterocycles. The highest BCUT2D eigenvalue weighted by atomic mass is 19.1. The molecular formula is C16H20FN3. The van der Waals surface area contributed by atoms with E-state index < -0.39 is 0 Å². The van der Waals surface area contributed by atoms with Crippen molar-refractivity contribution in [2.75, 3.05) is 13.1 Å². The molecule has 0 spiro atoms. The van der Waals surface area contributed by atoms with Crippen molar-refractivity contribution in [2.45, 2.75) is 26.3 Å². The van der Waals surface area contributed by atoms with Gasteiger partial charge in [-0.15, -0.1) is 0 Å². The Hall–Kier alpha value is -1.68. The van der Waals surface area contributed by atoms with Gasteiger partial charge in [-0.2, -0.15) is 0 Å². The number of imidazole rings is 1. The molecule has 20 heavy (non-hydrogen) atoms. The van der Waals surface area contributed by atoms with E-state index in [2.05, 4.69) is 21.8 Å². The van der Waals surface area contributed by atoms with E-state index >= 15 is 0 Å². The van der Waals surface area contributed by atoms with Crippen molar-refractivity contribution < 1.29 is 4.39 Å². The number of nitrogens with one attached hydrogen (secondary N) is 1. The molecule has 2 heterocycles. The van der Waals surface area contributed by atoms with Crippen LogP contribution in [0.15, 0.2) is 36.8 Å². The monoisotopic (exact) mass is 273 g/mol. The van der Waals surface area contributed by atoms with Gasteiger partial charge in [-0.05, 0) is 36.9 Å². The number of hydrogen-bond acceptors (Lipinski definition) is 2. The minimum Gasteiger partial charge on any atom is -0.330 e. The summed E-state index contributed by atoms with van der Waals surface area (Å²) in [5.74, 6) is -0.208. The summed E-state index contributed by atoms with van der Waals surface area (Å²) in [7, 11) is 0. The minimum atomic E-state index is -0.208. The zero-order chi connectivity index (χ0) is 14.0. The molecule has 1 aromatic carbocycles. The van der Waals surface area contributed by atoms with Crippen LogP contribution in [0.5, 0.6) is 0 Å². The van der Waals surface area contributed by atoms with Crippen molar-refractivity contribution in [3.05, 3.63) is 42.6 Å². The lowest BCUT2D eigenvalue weighted by atomic mass is 9.82. The van der Waals surface area contributed by atoms with Gasteiger partial charge in [-0.3, -0.25) is 0 Å². The van der Waals surface area contributed by atoms with Gasteiger partial charge in [0.15, 0.2) is 0 Å². The Balaban J connectivity index is 1.87. The van der Waals surface area contributed by atoms with E-state index in [9.17, 15) is 4.39 Å².